The maximum Gasteiger partial charge on any atom is 0.407 e. The second-order valence-electron chi connectivity index (χ2n) is 5.72. The highest BCUT2D eigenvalue weighted by Crippen LogP contribution is 2.44. The number of piperidine rings is 1. The summed E-state index contributed by atoms with van der Waals surface area (Å²) in [7, 11) is 0. The number of fused-ring (bicyclic) bond motifs is 1. The molecule has 0 bridgehead atoms. The van der Waals surface area contributed by atoms with Gasteiger partial charge >= 0.3 is 6.09 Å². The van der Waals surface area contributed by atoms with E-state index >= 15 is 0 Å². The Kier molecular flexibility index (Phi) is 2.70. The van der Waals surface area contributed by atoms with E-state index in [4.69, 9.17) is 10.4 Å². The lowest BCUT2D eigenvalue weighted by Gasteiger charge is -2.38. The molecule has 1 aliphatic heterocycles. The van der Waals surface area contributed by atoms with Crippen LogP contribution in [-0.2, 0) is 12.8 Å². The fraction of sp³-hybridized carbons (Fsp3) is 0.467. The Hall–Kier alpha value is -2.02. The van der Waals surface area contributed by atoms with Crippen molar-refractivity contribution in [3.05, 3.63) is 34.9 Å². The Morgan fingerprint density at radius 2 is 1.95 bits per heavy atom. The number of amides is 1. The fourth-order valence-electron chi connectivity index (χ4n) is 3.43. The molecule has 1 saturated heterocycles. The first kappa shape index (κ1) is 12.0. The van der Waals surface area contributed by atoms with Gasteiger partial charge in [-0.2, -0.15) is 5.26 Å². The number of rotatable bonds is 0. The van der Waals surface area contributed by atoms with Crippen LogP contribution in [0.15, 0.2) is 18.2 Å². The third-order valence-electron chi connectivity index (χ3n) is 4.56. The number of carbonyl (C=O) groups is 1. The average Bonchev–Trinajstić information content (AvgIpc) is 2.75. The van der Waals surface area contributed by atoms with Crippen molar-refractivity contribution >= 4 is 6.09 Å². The summed E-state index contributed by atoms with van der Waals surface area (Å²) in [6.45, 7) is 1.27. The molecule has 1 amide bonds. The smallest absolute Gasteiger partial charge is 0.407 e. The van der Waals surface area contributed by atoms with Crippen molar-refractivity contribution in [2.24, 2.45) is 5.41 Å². The molecule has 0 aromatic heterocycles. The molecule has 0 radical (unpaired) electrons. The van der Waals surface area contributed by atoms with Gasteiger partial charge < -0.3 is 10.0 Å². The highest BCUT2D eigenvalue weighted by molar-refractivity contribution is 5.65. The van der Waals surface area contributed by atoms with Gasteiger partial charge in [0.25, 0.3) is 0 Å². The summed E-state index contributed by atoms with van der Waals surface area (Å²) >= 11 is 0. The van der Waals surface area contributed by atoms with Crippen molar-refractivity contribution in [2.45, 2.75) is 25.7 Å². The zero-order chi connectivity index (χ0) is 13.5. The number of nitrogens with zero attached hydrogens (tertiary/aromatic N) is 2. The van der Waals surface area contributed by atoms with Crippen LogP contribution >= 0.6 is 0 Å². The van der Waals surface area contributed by atoms with Gasteiger partial charge in [-0.25, -0.2) is 4.79 Å². The maximum absolute atomic E-state index is 10.9. The molecule has 3 rings (SSSR count). The quantitative estimate of drug-likeness (QED) is 0.775. The van der Waals surface area contributed by atoms with E-state index in [0.29, 0.717) is 13.1 Å². The lowest BCUT2D eigenvalue weighted by atomic mass is 9.76. The van der Waals surface area contributed by atoms with Gasteiger partial charge in [0, 0.05) is 13.1 Å². The van der Waals surface area contributed by atoms with Crippen molar-refractivity contribution < 1.29 is 9.90 Å². The van der Waals surface area contributed by atoms with Gasteiger partial charge in [-0.15, -0.1) is 0 Å². The van der Waals surface area contributed by atoms with Crippen molar-refractivity contribution in [1.82, 2.24) is 4.90 Å². The predicted molar refractivity (Wildman–Crippen MR) is 69.8 cm³/mol. The zero-order valence-electron chi connectivity index (χ0n) is 10.7. The number of hydrogen-bond acceptors (Lipinski definition) is 2. The molecule has 1 aromatic carbocycles. The van der Waals surface area contributed by atoms with Crippen molar-refractivity contribution in [3.8, 4) is 6.07 Å². The van der Waals surface area contributed by atoms with Crippen LogP contribution in [0.4, 0.5) is 4.79 Å². The van der Waals surface area contributed by atoms with Crippen LogP contribution in [0.25, 0.3) is 0 Å². The number of nitriles is 1. The van der Waals surface area contributed by atoms with Crippen LogP contribution in [0.5, 0.6) is 0 Å². The molecule has 0 saturated carbocycles. The number of hydrogen-bond donors (Lipinski definition) is 1. The van der Waals surface area contributed by atoms with Gasteiger partial charge in [0.2, 0.25) is 0 Å². The van der Waals surface area contributed by atoms with Crippen LogP contribution in [0, 0.1) is 16.7 Å². The summed E-state index contributed by atoms with van der Waals surface area (Å²) in [4.78, 5) is 12.5. The molecule has 2 aliphatic rings. The summed E-state index contributed by atoms with van der Waals surface area (Å²) in [5.41, 5.74) is 3.56. The van der Waals surface area contributed by atoms with E-state index in [2.05, 4.69) is 12.1 Å². The van der Waals surface area contributed by atoms with Crippen LogP contribution < -0.4 is 0 Å². The van der Waals surface area contributed by atoms with Crippen LogP contribution in [0.2, 0.25) is 0 Å². The Morgan fingerprint density at radius 1 is 1.26 bits per heavy atom. The largest absolute Gasteiger partial charge is 0.465 e. The highest BCUT2D eigenvalue weighted by atomic mass is 16.4. The monoisotopic (exact) mass is 256 g/mol. The molecule has 98 valence electrons. The molecule has 0 unspecified atom stereocenters. The molecule has 1 N–H and O–H groups in total. The second kappa shape index (κ2) is 4.27. The zero-order valence-corrected chi connectivity index (χ0v) is 10.7. The minimum absolute atomic E-state index is 0.225. The minimum atomic E-state index is -0.808. The van der Waals surface area contributed by atoms with E-state index in [0.717, 1.165) is 31.2 Å². The van der Waals surface area contributed by atoms with Crippen molar-refractivity contribution in [2.75, 3.05) is 13.1 Å². The predicted octanol–water partition coefficient (Wildman–Crippen LogP) is 2.42. The van der Waals surface area contributed by atoms with Crippen molar-refractivity contribution in [3.63, 3.8) is 0 Å². The summed E-state index contributed by atoms with van der Waals surface area (Å²) in [5, 5.41) is 17.9. The molecule has 1 heterocycles. The van der Waals surface area contributed by atoms with Gasteiger partial charge in [0.15, 0.2) is 0 Å². The standard InChI is InChI=1S/C15H16N2O2/c16-10-11-1-2-12-8-15(9-13(12)7-11)3-5-17(6-4-15)14(18)19/h1-2,7H,3-6,8-9H2,(H,18,19). The third-order valence-corrected chi connectivity index (χ3v) is 4.56. The molecular formula is C15H16N2O2. The Bertz CT molecular complexity index is 566. The molecule has 4 heteroatoms. The van der Waals surface area contributed by atoms with Gasteiger partial charge in [-0.3, -0.25) is 0 Å². The molecular weight excluding hydrogens is 240 g/mol. The summed E-state index contributed by atoms with van der Waals surface area (Å²) in [6.07, 6.45) is 3.07. The van der Waals surface area contributed by atoms with E-state index in [-0.39, 0.29) is 5.41 Å². The lowest BCUT2D eigenvalue weighted by molar-refractivity contribution is 0.0938. The van der Waals surface area contributed by atoms with Gasteiger partial charge in [-0.05, 0) is 54.4 Å². The average molecular weight is 256 g/mol. The first-order valence-electron chi connectivity index (χ1n) is 6.62. The first-order valence-corrected chi connectivity index (χ1v) is 6.62. The Labute approximate surface area is 112 Å². The first-order chi connectivity index (χ1) is 9.12. The minimum Gasteiger partial charge on any atom is -0.465 e. The molecule has 1 aliphatic carbocycles. The molecule has 19 heavy (non-hydrogen) atoms. The summed E-state index contributed by atoms with van der Waals surface area (Å²) < 4.78 is 0. The highest BCUT2D eigenvalue weighted by Gasteiger charge is 2.40. The topological polar surface area (TPSA) is 64.3 Å². The number of carboxylic acid groups (broad SMARTS) is 1. The number of likely N-dealkylation sites (tertiary alicyclic amines) is 1. The molecule has 4 nitrogen and oxygen atoms in total. The molecule has 1 fully saturated rings. The summed E-state index contributed by atoms with van der Waals surface area (Å²) in [6, 6.07) is 8.12. The van der Waals surface area contributed by atoms with E-state index < -0.39 is 6.09 Å². The molecule has 1 spiro atoms. The normalized spacial score (nSPS) is 20.1. The second-order valence-corrected chi connectivity index (χ2v) is 5.72. The SMILES string of the molecule is N#Cc1ccc2c(c1)CC1(CCN(C(=O)O)CC1)C2. The lowest BCUT2D eigenvalue weighted by Crippen LogP contribution is -2.43. The van der Waals surface area contributed by atoms with Crippen molar-refractivity contribution in [1.29, 1.82) is 5.26 Å². The van der Waals surface area contributed by atoms with E-state index in [9.17, 15) is 4.79 Å². The third kappa shape index (κ3) is 2.06. The fourth-order valence-corrected chi connectivity index (χ4v) is 3.43. The number of benzene rings is 1. The molecule has 0 atom stereocenters. The van der Waals surface area contributed by atoms with E-state index in [1.807, 2.05) is 12.1 Å². The van der Waals surface area contributed by atoms with Crippen LogP contribution in [0.3, 0.4) is 0 Å². The Balaban J connectivity index is 1.77. The van der Waals surface area contributed by atoms with Gasteiger partial charge in [0.1, 0.15) is 0 Å². The van der Waals surface area contributed by atoms with Gasteiger partial charge in [-0.1, -0.05) is 6.07 Å². The van der Waals surface area contributed by atoms with E-state index in [1.165, 1.54) is 16.0 Å². The van der Waals surface area contributed by atoms with E-state index in [1.54, 1.807) is 0 Å². The van der Waals surface area contributed by atoms with Crippen LogP contribution in [0.1, 0.15) is 29.5 Å². The maximum atomic E-state index is 10.9. The summed E-state index contributed by atoms with van der Waals surface area (Å²) in [5.74, 6) is 0. The Morgan fingerprint density at radius 3 is 2.58 bits per heavy atom. The van der Waals surface area contributed by atoms with Crippen LogP contribution in [-0.4, -0.2) is 29.2 Å². The van der Waals surface area contributed by atoms with Gasteiger partial charge in [0.05, 0.1) is 11.6 Å². The molecule has 1 aromatic rings.